The first-order chi connectivity index (χ1) is 7.76. The molecule has 0 heterocycles. The van der Waals surface area contributed by atoms with Gasteiger partial charge >= 0.3 is 0 Å². The molecule has 1 atom stereocenters. The molecule has 16 heavy (non-hydrogen) atoms. The highest BCUT2D eigenvalue weighted by molar-refractivity contribution is 5.51. The molecule has 1 aromatic carbocycles. The minimum atomic E-state index is 0.386. The Kier molecular flexibility index (Phi) is 5.37. The zero-order chi connectivity index (χ0) is 11.8. The van der Waals surface area contributed by atoms with Gasteiger partial charge in [-0.25, -0.2) is 0 Å². The van der Waals surface area contributed by atoms with Gasteiger partial charge < -0.3 is 10.1 Å². The van der Waals surface area contributed by atoms with Gasteiger partial charge in [0.05, 0.1) is 0 Å². The normalized spacial score (nSPS) is 12.6. The average molecular weight is 217 g/mol. The molecule has 0 aromatic heterocycles. The zero-order valence-corrected chi connectivity index (χ0v) is 9.94. The standard InChI is InChI=1S/C14H19NO/c1-4-11-16-14-9-7-13(8-10-14)6-5-12(2)15-3/h4-10,12,15H,1,11H2,2-3H3/b6-5+. The molecule has 1 aromatic rings. The molecule has 0 spiro atoms. The lowest BCUT2D eigenvalue weighted by Crippen LogP contribution is -2.17. The highest BCUT2D eigenvalue weighted by Gasteiger charge is 1.93. The van der Waals surface area contributed by atoms with Crippen LogP contribution >= 0.6 is 0 Å². The van der Waals surface area contributed by atoms with Gasteiger partial charge in [0.1, 0.15) is 12.4 Å². The van der Waals surface area contributed by atoms with Gasteiger partial charge in [-0.2, -0.15) is 0 Å². The third kappa shape index (κ3) is 4.32. The highest BCUT2D eigenvalue weighted by Crippen LogP contribution is 2.13. The minimum Gasteiger partial charge on any atom is -0.490 e. The summed E-state index contributed by atoms with van der Waals surface area (Å²) in [6.07, 6.45) is 5.96. The topological polar surface area (TPSA) is 21.3 Å². The van der Waals surface area contributed by atoms with Crippen LogP contribution in [0.25, 0.3) is 6.08 Å². The van der Waals surface area contributed by atoms with E-state index in [4.69, 9.17) is 4.74 Å². The predicted octanol–water partition coefficient (Wildman–Crippen LogP) is 2.87. The fourth-order valence-electron chi connectivity index (χ4n) is 1.18. The van der Waals surface area contributed by atoms with Gasteiger partial charge in [-0.05, 0) is 31.7 Å². The van der Waals surface area contributed by atoms with Crippen LogP contribution in [0.15, 0.2) is 43.0 Å². The van der Waals surface area contributed by atoms with E-state index < -0.39 is 0 Å². The third-order valence-corrected chi connectivity index (χ3v) is 2.28. The second-order valence-electron chi connectivity index (χ2n) is 3.61. The van der Waals surface area contributed by atoms with Gasteiger partial charge in [-0.1, -0.05) is 36.9 Å². The van der Waals surface area contributed by atoms with Crippen molar-refractivity contribution in [3.8, 4) is 5.75 Å². The summed E-state index contributed by atoms with van der Waals surface area (Å²) in [7, 11) is 1.95. The Labute approximate surface area is 97.6 Å². The Bertz CT molecular complexity index is 340. The smallest absolute Gasteiger partial charge is 0.119 e. The predicted molar refractivity (Wildman–Crippen MR) is 69.7 cm³/mol. The number of ether oxygens (including phenoxy) is 1. The Morgan fingerprint density at radius 1 is 1.38 bits per heavy atom. The van der Waals surface area contributed by atoms with Crippen LogP contribution in [-0.2, 0) is 0 Å². The summed E-state index contributed by atoms with van der Waals surface area (Å²) in [5.41, 5.74) is 1.17. The maximum Gasteiger partial charge on any atom is 0.119 e. The molecule has 86 valence electrons. The summed E-state index contributed by atoms with van der Waals surface area (Å²) in [5.74, 6) is 0.874. The van der Waals surface area contributed by atoms with E-state index in [1.165, 1.54) is 5.56 Å². The Morgan fingerprint density at radius 3 is 2.62 bits per heavy atom. The van der Waals surface area contributed by atoms with Crippen LogP contribution < -0.4 is 10.1 Å². The van der Waals surface area contributed by atoms with Gasteiger partial charge in [-0.3, -0.25) is 0 Å². The van der Waals surface area contributed by atoms with Crippen molar-refractivity contribution in [1.29, 1.82) is 0 Å². The summed E-state index contributed by atoms with van der Waals surface area (Å²) in [6, 6.07) is 8.39. The SMILES string of the molecule is C=CCOc1ccc(/C=C/C(C)NC)cc1. The monoisotopic (exact) mass is 217 g/mol. The number of hydrogen-bond acceptors (Lipinski definition) is 2. The fourth-order valence-corrected chi connectivity index (χ4v) is 1.18. The quantitative estimate of drug-likeness (QED) is 0.740. The summed E-state index contributed by atoms with van der Waals surface area (Å²) in [5, 5.41) is 3.15. The summed E-state index contributed by atoms with van der Waals surface area (Å²) < 4.78 is 5.40. The van der Waals surface area contributed by atoms with Crippen molar-refractivity contribution in [1.82, 2.24) is 5.32 Å². The molecule has 2 nitrogen and oxygen atoms in total. The lowest BCUT2D eigenvalue weighted by Gasteiger charge is -2.04. The first-order valence-corrected chi connectivity index (χ1v) is 5.45. The van der Waals surface area contributed by atoms with Crippen molar-refractivity contribution < 1.29 is 4.74 Å². The van der Waals surface area contributed by atoms with Crippen LogP contribution in [0.5, 0.6) is 5.75 Å². The molecular weight excluding hydrogens is 198 g/mol. The van der Waals surface area contributed by atoms with Crippen molar-refractivity contribution in [2.24, 2.45) is 0 Å². The summed E-state index contributed by atoms with van der Waals surface area (Å²) >= 11 is 0. The van der Waals surface area contributed by atoms with Crippen molar-refractivity contribution in [3.05, 3.63) is 48.6 Å². The summed E-state index contributed by atoms with van der Waals surface area (Å²) in [4.78, 5) is 0. The molecule has 1 N–H and O–H groups in total. The molecule has 0 bridgehead atoms. The van der Waals surface area contributed by atoms with Crippen LogP contribution in [0.4, 0.5) is 0 Å². The van der Waals surface area contributed by atoms with E-state index in [0.717, 1.165) is 5.75 Å². The van der Waals surface area contributed by atoms with E-state index >= 15 is 0 Å². The van der Waals surface area contributed by atoms with Crippen LogP contribution in [0.1, 0.15) is 12.5 Å². The maximum absolute atomic E-state index is 5.40. The van der Waals surface area contributed by atoms with Crippen LogP contribution in [0.2, 0.25) is 0 Å². The van der Waals surface area contributed by atoms with Gasteiger partial charge in [0.2, 0.25) is 0 Å². The second kappa shape index (κ2) is 6.85. The fraction of sp³-hybridized carbons (Fsp3) is 0.286. The highest BCUT2D eigenvalue weighted by atomic mass is 16.5. The van der Waals surface area contributed by atoms with E-state index in [2.05, 4.69) is 31.0 Å². The molecule has 2 heteroatoms. The van der Waals surface area contributed by atoms with Gasteiger partial charge in [0, 0.05) is 6.04 Å². The van der Waals surface area contributed by atoms with Crippen molar-refractivity contribution >= 4 is 6.08 Å². The molecule has 0 saturated heterocycles. The van der Waals surface area contributed by atoms with E-state index in [1.54, 1.807) is 6.08 Å². The molecule has 0 saturated carbocycles. The molecule has 0 radical (unpaired) electrons. The molecule has 1 unspecified atom stereocenters. The second-order valence-corrected chi connectivity index (χ2v) is 3.61. The number of benzene rings is 1. The van der Waals surface area contributed by atoms with Crippen molar-refractivity contribution in [2.75, 3.05) is 13.7 Å². The number of rotatable bonds is 6. The molecule has 0 aliphatic carbocycles. The molecular formula is C14H19NO. The zero-order valence-electron chi connectivity index (χ0n) is 9.94. The third-order valence-electron chi connectivity index (χ3n) is 2.28. The number of nitrogens with one attached hydrogen (secondary N) is 1. The molecule has 0 aliphatic heterocycles. The van der Waals surface area contributed by atoms with Crippen LogP contribution in [0.3, 0.4) is 0 Å². The van der Waals surface area contributed by atoms with E-state index in [9.17, 15) is 0 Å². The van der Waals surface area contributed by atoms with Crippen molar-refractivity contribution in [2.45, 2.75) is 13.0 Å². The van der Waals surface area contributed by atoms with Crippen molar-refractivity contribution in [3.63, 3.8) is 0 Å². The van der Waals surface area contributed by atoms with Gasteiger partial charge in [0.15, 0.2) is 0 Å². The van der Waals surface area contributed by atoms with E-state index in [0.29, 0.717) is 12.6 Å². The lowest BCUT2D eigenvalue weighted by molar-refractivity contribution is 0.363. The molecule has 1 rings (SSSR count). The Balaban J connectivity index is 2.57. The first kappa shape index (κ1) is 12.5. The number of likely N-dealkylation sites (N-methyl/N-ethyl adjacent to an activating group) is 1. The molecule has 0 aliphatic rings. The number of hydrogen-bond donors (Lipinski definition) is 1. The molecule has 0 fully saturated rings. The van der Waals surface area contributed by atoms with Crippen LogP contribution in [0, 0.1) is 0 Å². The maximum atomic E-state index is 5.40. The largest absolute Gasteiger partial charge is 0.490 e. The van der Waals surface area contributed by atoms with E-state index in [1.807, 2.05) is 31.3 Å². The Morgan fingerprint density at radius 2 is 2.06 bits per heavy atom. The average Bonchev–Trinajstić information content (AvgIpc) is 2.34. The van der Waals surface area contributed by atoms with E-state index in [-0.39, 0.29) is 0 Å². The minimum absolute atomic E-state index is 0.386. The lowest BCUT2D eigenvalue weighted by atomic mass is 10.2. The Hall–Kier alpha value is -1.54. The van der Waals surface area contributed by atoms with Gasteiger partial charge in [0.25, 0.3) is 0 Å². The van der Waals surface area contributed by atoms with Crippen LogP contribution in [-0.4, -0.2) is 19.7 Å². The van der Waals surface area contributed by atoms with Gasteiger partial charge in [-0.15, -0.1) is 0 Å². The first-order valence-electron chi connectivity index (χ1n) is 5.45. The summed E-state index contributed by atoms with van der Waals surface area (Å²) in [6.45, 7) is 6.27. The molecule has 0 amide bonds.